The van der Waals surface area contributed by atoms with Gasteiger partial charge in [0.05, 0.1) is 6.61 Å². The number of amides is 1. The van der Waals surface area contributed by atoms with Crippen LogP contribution in [0.2, 0.25) is 0 Å². The van der Waals surface area contributed by atoms with Crippen LogP contribution in [0.5, 0.6) is 5.75 Å². The average molecular weight is 281 g/mol. The minimum absolute atomic E-state index is 0.286. The third-order valence-corrected chi connectivity index (χ3v) is 3.79. The predicted molar refractivity (Wildman–Crippen MR) is 73.4 cm³/mol. The van der Waals surface area contributed by atoms with Gasteiger partial charge >= 0.3 is 6.09 Å². The van der Waals surface area contributed by atoms with Gasteiger partial charge < -0.3 is 15.2 Å². The van der Waals surface area contributed by atoms with E-state index in [1.165, 1.54) is 12.1 Å². The topological polar surface area (TPSA) is 58.6 Å². The predicted octanol–water partition coefficient (Wildman–Crippen LogP) is 3.28. The second kappa shape index (κ2) is 7.12. The highest BCUT2D eigenvalue weighted by Gasteiger charge is 2.22. The van der Waals surface area contributed by atoms with Crippen LogP contribution in [0.4, 0.5) is 9.18 Å². The molecule has 5 heteroatoms. The smallest absolute Gasteiger partial charge is 0.404 e. The summed E-state index contributed by atoms with van der Waals surface area (Å²) in [6, 6.07) is 6.18. The van der Waals surface area contributed by atoms with Gasteiger partial charge in [-0.3, -0.25) is 0 Å². The van der Waals surface area contributed by atoms with Crippen molar-refractivity contribution in [1.29, 1.82) is 0 Å². The molecule has 1 fully saturated rings. The molecule has 1 aromatic carbocycles. The molecule has 0 spiro atoms. The Labute approximate surface area is 117 Å². The van der Waals surface area contributed by atoms with E-state index in [-0.39, 0.29) is 5.82 Å². The van der Waals surface area contributed by atoms with Gasteiger partial charge in [-0.15, -0.1) is 0 Å². The molecule has 2 rings (SSSR count). The van der Waals surface area contributed by atoms with Gasteiger partial charge in [0.25, 0.3) is 0 Å². The largest absolute Gasteiger partial charge is 0.493 e. The average Bonchev–Trinajstić information content (AvgIpc) is 2.44. The van der Waals surface area contributed by atoms with Gasteiger partial charge in [-0.05, 0) is 49.7 Å². The molecule has 0 radical (unpaired) electrons. The zero-order valence-electron chi connectivity index (χ0n) is 11.3. The first-order valence-electron chi connectivity index (χ1n) is 6.98. The Kier molecular flexibility index (Phi) is 5.21. The molecule has 0 aliphatic heterocycles. The minimum Gasteiger partial charge on any atom is -0.493 e. The fraction of sp³-hybridized carbons (Fsp3) is 0.533. The Morgan fingerprint density at radius 3 is 2.65 bits per heavy atom. The number of ether oxygens (including phenoxy) is 1. The molecule has 1 aliphatic carbocycles. The molecular weight excluding hydrogens is 261 g/mol. The molecule has 110 valence electrons. The molecule has 2 N–H and O–H groups in total. The summed E-state index contributed by atoms with van der Waals surface area (Å²) in [7, 11) is 0. The van der Waals surface area contributed by atoms with Crippen molar-refractivity contribution >= 4 is 6.09 Å². The van der Waals surface area contributed by atoms with Gasteiger partial charge in [0.2, 0.25) is 0 Å². The summed E-state index contributed by atoms with van der Waals surface area (Å²) in [5, 5.41) is 11.0. The van der Waals surface area contributed by atoms with Crippen molar-refractivity contribution in [2.75, 3.05) is 13.2 Å². The highest BCUT2D eigenvalue weighted by atomic mass is 19.1. The second-order valence-electron chi connectivity index (χ2n) is 5.34. The number of carboxylic acid groups (broad SMARTS) is 1. The van der Waals surface area contributed by atoms with E-state index < -0.39 is 6.09 Å². The van der Waals surface area contributed by atoms with E-state index in [9.17, 15) is 9.18 Å². The van der Waals surface area contributed by atoms with Gasteiger partial charge in [0.15, 0.2) is 0 Å². The second-order valence-corrected chi connectivity index (χ2v) is 5.34. The third-order valence-electron chi connectivity index (χ3n) is 3.79. The molecule has 1 amide bonds. The SMILES string of the molecule is O=C(O)NCC1CCC(COc2cccc(F)c2)CC1. The molecule has 1 aliphatic rings. The Hall–Kier alpha value is -1.78. The first-order valence-corrected chi connectivity index (χ1v) is 6.98. The Bertz CT molecular complexity index is 444. The summed E-state index contributed by atoms with van der Waals surface area (Å²) in [5.41, 5.74) is 0. The normalized spacial score (nSPS) is 22.2. The first kappa shape index (κ1) is 14.6. The van der Waals surface area contributed by atoms with Crippen LogP contribution in [-0.2, 0) is 0 Å². The molecule has 0 atom stereocenters. The Morgan fingerprint density at radius 1 is 1.30 bits per heavy atom. The van der Waals surface area contributed by atoms with E-state index in [2.05, 4.69) is 5.32 Å². The molecule has 4 nitrogen and oxygen atoms in total. The van der Waals surface area contributed by atoms with Crippen LogP contribution < -0.4 is 10.1 Å². The highest BCUT2D eigenvalue weighted by molar-refractivity contribution is 5.64. The van der Waals surface area contributed by atoms with Crippen molar-refractivity contribution < 1.29 is 19.0 Å². The van der Waals surface area contributed by atoms with Crippen LogP contribution >= 0.6 is 0 Å². The lowest BCUT2D eigenvalue weighted by molar-refractivity contribution is 0.171. The molecule has 0 unspecified atom stereocenters. The maximum absolute atomic E-state index is 13.0. The fourth-order valence-electron chi connectivity index (χ4n) is 2.60. The molecule has 0 aromatic heterocycles. The van der Waals surface area contributed by atoms with Crippen molar-refractivity contribution in [3.05, 3.63) is 30.1 Å². The Morgan fingerprint density at radius 2 is 2.00 bits per heavy atom. The molecule has 20 heavy (non-hydrogen) atoms. The van der Waals surface area contributed by atoms with Gasteiger partial charge in [-0.1, -0.05) is 6.07 Å². The molecule has 1 aromatic rings. The van der Waals surface area contributed by atoms with Crippen LogP contribution in [0.25, 0.3) is 0 Å². The van der Waals surface area contributed by atoms with Gasteiger partial charge in [0.1, 0.15) is 11.6 Å². The van der Waals surface area contributed by atoms with Crippen molar-refractivity contribution in [2.45, 2.75) is 25.7 Å². The Balaban J connectivity index is 1.68. The van der Waals surface area contributed by atoms with E-state index in [4.69, 9.17) is 9.84 Å². The van der Waals surface area contributed by atoms with Crippen LogP contribution in [0.15, 0.2) is 24.3 Å². The van der Waals surface area contributed by atoms with Gasteiger partial charge in [-0.2, -0.15) is 0 Å². The monoisotopic (exact) mass is 281 g/mol. The summed E-state index contributed by atoms with van der Waals surface area (Å²) in [6.07, 6.45) is 3.12. The van der Waals surface area contributed by atoms with Crippen LogP contribution in [0.1, 0.15) is 25.7 Å². The highest BCUT2D eigenvalue weighted by Crippen LogP contribution is 2.29. The quantitative estimate of drug-likeness (QED) is 0.870. The van der Waals surface area contributed by atoms with E-state index in [1.54, 1.807) is 12.1 Å². The molecule has 1 saturated carbocycles. The fourth-order valence-corrected chi connectivity index (χ4v) is 2.60. The van der Waals surface area contributed by atoms with Crippen molar-refractivity contribution in [3.8, 4) is 5.75 Å². The summed E-state index contributed by atoms with van der Waals surface area (Å²) >= 11 is 0. The summed E-state index contributed by atoms with van der Waals surface area (Å²) < 4.78 is 18.6. The van der Waals surface area contributed by atoms with E-state index in [1.807, 2.05) is 0 Å². The number of benzene rings is 1. The maximum atomic E-state index is 13.0. The van der Waals surface area contributed by atoms with Crippen molar-refractivity contribution in [3.63, 3.8) is 0 Å². The molecule has 0 bridgehead atoms. The summed E-state index contributed by atoms with van der Waals surface area (Å²) in [5.74, 6) is 1.18. The lowest BCUT2D eigenvalue weighted by atomic mass is 9.82. The lowest BCUT2D eigenvalue weighted by Crippen LogP contribution is -2.31. The number of hydrogen-bond acceptors (Lipinski definition) is 2. The lowest BCUT2D eigenvalue weighted by Gasteiger charge is -2.28. The zero-order valence-corrected chi connectivity index (χ0v) is 11.3. The van der Waals surface area contributed by atoms with Crippen LogP contribution in [0.3, 0.4) is 0 Å². The number of halogens is 1. The minimum atomic E-state index is -0.957. The van der Waals surface area contributed by atoms with Crippen molar-refractivity contribution in [2.24, 2.45) is 11.8 Å². The van der Waals surface area contributed by atoms with E-state index >= 15 is 0 Å². The standard InChI is InChI=1S/C15H20FNO3/c16-13-2-1-3-14(8-13)20-10-12-6-4-11(5-7-12)9-17-15(18)19/h1-3,8,11-12,17H,4-7,9-10H2,(H,18,19). The molecular formula is C15H20FNO3. The molecule has 0 saturated heterocycles. The number of nitrogens with one attached hydrogen (secondary N) is 1. The number of hydrogen-bond donors (Lipinski definition) is 2. The molecule has 0 heterocycles. The van der Waals surface area contributed by atoms with E-state index in [0.29, 0.717) is 30.7 Å². The number of carbonyl (C=O) groups is 1. The zero-order chi connectivity index (χ0) is 14.4. The van der Waals surface area contributed by atoms with Crippen LogP contribution in [0, 0.1) is 17.7 Å². The van der Waals surface area contributed by atoms with Crippen LogP contribution in [-0.4, -0.2) is 24.4 Å². The summed E-state index contributed by atoms with van der Waals surface area (Å²) in [4.78, 5) is 10.4. The maximum Gasteiger partial charge on any atom is 0.404 e. The van der Waals surface area contributed by atoms with E-state index in [0.717, 1.165) is 25.7 Å². The van der Waals surface area contributed by atoms with Gasteiger partial charge in [-0.25, -0.2) is 9.18 Å². The first-order chi connectivity index (χ1) is 9.63. The third kappa shape index (κ3) is 4.72. The number of rotatable bonds is 5. The van der Waals surface area contributed by atoms with Crippen molar-refractivity contribution in [1.82, 2.24) is 5.32 Å². The van der Waals surface area contributed by atoms with Gasteiger partial charge in [0, 0.05) is 12.6 Å². The summed E-state index contributed by atoms with van der Waals surface area (Å²) in [6.45, 7) is 1.13.